The van der Waals surface area contributed by atoms with Crippen LogP contribution in [0.1, 0.15) is 36.6 Å². The van der Waals surface area contributed by atoms with Gasteiger partial charge in [-0.1, -0.05) is 18.2 Å². The highest BCUT2D eigenvalue weighted by Crippen LogP contribution is 2.41. The van der Waals surface area contributed by atoms with Crippen molar-refractivity contribution in [2.24, 2.45) is 0 Å². The van der Waals surface area contributed by atoms with E-state index in [-0.39, 0.29) is 29.7 Å². The third kappa shape index (κ3) is 4.57. The van der Waals surface area contributed by atoms with Crippen molar-refractivity contribution in [2.45, 2.75) is 32.5 Å². The molecule has 1 fully saturated rings. The van der Waals surface area contributed by atoms with Gasteiger partial charge in [-0.05, 0) is 67.4 Å². The highest BCUT2D eigenvalue weighted by molar-refractivity contribution is 6.46. The second-order valence-corrected chi connectivity index (χ2v) is 8.07. The minimum Gasteiger partial charge on any atom is -0.508 e. The van der Waals surface area contributed by atoms with Gasteiger partial charge in [-0.2, -0.15) is 0 Å². The summed E-state index contributed by atoms with van der Waals surface area (Å²) in [5, 5.41) is 21.2. The van der Waals surface area contributed by atoms with E-state index in [4.69, 9.17) is 4.74 Å². The molecule has 2 aromatic carbocycles. The van der Waals surface area contributed by atoms with Gasteiger partial charge in [0.1, 0.15) is 17.3 Å². The smallest absolute Gasteiger partial charge is 0.295 e. The van der Waals surface area contributed by atoms with E-state index in [9.17, 15) is 19.8 Å². The Labute approximate surface area is 191 Å². The number of aromatic hydroxyl groups is 1. The average molecular weight is 444 g/mol. The van der Waals surface area contributed by atoms with Gasteiger partial charge in [0.15, 0.2) is 0 Å². The lowest BCUT2D eigenvalue weighted by Gasteiger charge is -2.25. The van der Waals surface area contributed by atoms with Gasteiger partial charge in [-0.3, -0.25) is 14.6 Å². The van der Waals surface area contributed by atoms with E-state index < -0.39 is 17.7 Å². The molecule has 33 heavy (non-hydrogen) atoms. The first-order valence-electron chi connectivity index (χ1n) is 10.6. The van der Waals surface area contributed by atoms with E-state index in [0.717, 1.165) is 5.56 Å². The monoisotopic (exact) mass is 444 g/mol. The van der Waals surface area contributed by atoms with Gasteiger partial charge in [-0.15, -0.1) is 0 Å². The molecule has 0 unspecified atom stereocenters. The number of carbonyl (C=O) groups excluding carboxylic acids is 2. The van der Waals surface area contributed by atoms with Gasteiger partial charge in [0, 0.05) is 24.5 Å². The van der Waals surface area contributed by atoms with Gasteiger partial charge in [0.05, 0.1) is 17.7 Å². The Bertz CT molecular complexity index is 1200. The van der Waals surface area contributed by atoms with Crippen molar-refractivity contribution in [3.05, 3.63) is 95.3 Å². The topological polar surface area (TPSA) is 100.0 Å². The van der Waals surface area contributed by atoms with E-state index in [2.05, 4.69) is 4.98 Å². The summed E-state index contributed by atoms with van der Waals surface area (Å²) in [6, 6.07) is 15.7. The largest absolute Gasteiger partial charge is 0.508 e. The van der Waals surface area contributed by atoms with Gasteiger partial charge >= 0.3 is 0 Å². The fraction of sp³-hybridized carbons (Fsp3) is 0.192. The Morgan fingerprint density at radius 2 is 1.85 bits per heavy atom. The molecule has 0 aliphatic carbocycles. The lowest BCUT2D eigenvalue weighted by atomic mass is 9.95. The first-order chi connectivity index (χ1) is 15.8. The number of nitrogens with zero attached hydrogens (tertiary/aromatic N) is 2. The predicted octanol–water partition coefficient (Wildman–Crippen LogP) is 4.20. The number of ketones is 1. The summed E-state index contributed by atoms with van der Waals surface area (Å²) in [6.45, 7) is 3.94. The zero-order valence-electron chi connectivity index (χ0n) is 18.3. The lowest BCUT2D eigenvalue weighted by Crippen LogP contribution is -2.29. The van der Waals surface area contributed by atoms with Crippen molar-refractivity contribution >= 4 is 17.4 Å². The van der Waals surface area contributed by atoms with Crippen LogP contribution in [0.15, 0.2) is 78.6 Å². The van der Waals surface area contributed by atoms with E-state index in [1.165, 1.54) is 17.0 Å². The van der Waals surface area contributed by atoms with E-state index in [0.29, 0.717) is 16.9 Å². The highest BCUT2D eigenvalue weighted by Gasteiger charge is 2.46. The van der Waals surface area contributed by atoms with Crippen LogP contribution in [0.4, 0.5) is 0 Å². The van der Waals surface area contributed by atoms with E-state index in [1.807, 2.05) is 13.8 Å². The van der Waals surface area contributed by atoms with Gasteiger partial charge < -0.3 is 19.8 Å². The summed E-state index contributed by atoms with van der Waals surface area (Å²) in [6.07, 6.45) is 3.23. The zero-order valence-corrected chi connectivity index (χ0v) is 18.3. The fourth-order valence-electron chi connectivity index (χ4n) is 3.89. The second kappa shape index (κ2) is 9.16. The summed E-state index contributed by atoms with van der Waals surface area (Å²) in [7, 11) is 0. The third-order valence-corrected chi connectivity index (χ3v) is 5.30. The Morgan fingerprint density at radius 3 is 2.48 bits per heavy atom. The normalized spacial score (nSPS) is 17.5. The van der Waals surface area contributed by atoms with Crippen molar-refractivity contribution in [3.8, 4) is 11.5 Å². The number of ether oxygens (including phenoxy) is 1. The molecule has 1 aliphatic heterocycles. The average Bonchev–Trinajstić information content (AvgIpc) is 3.04. The number of carbonyl (C=O) groups is 2. The molecule has 1 amide bonds. The van der Waals surface area contributed by atoms with Gasteiger partial charge in [-0.25, -0.2) is 0 Å². The van der Waals surface area contributed by atoms with Crippen molar-refractivity contribution < 1.29 is 24.5 Å². The SMILES string of the molecule is CC(C)Oc1ccc(C(O)=C2C(=O)C(=O)N(Cc3cccnc3)[C@H]2c2cccc(O)c2)cc1. The number of pyridine rings is 1. The molecule has 0 bridgehead atoms. The van der Waals surface area contributed by atoms with Crippen molar-refractivity contribution in [1.82, 2.24) is 9.88 Å². The van der Waals surface area contributed by atoms with Crippen LogP contribution in [0.25, 0.3) is 5.76 Å². The second-order valence-electron chi connectivity index (χ2n) is 8.07. The molecule has 1 atom stereocenters. The number of hydrogen-bond acceptors (Lipinski definition) is 6. The summed E-state index contributed by atoms with van der Waals surface area (Å²) in [4.78, 5) is 31.6. The molecule has 2 N–H and O–H groups in total. The van der Waals surface area contributed by atoms with Crippen LogP contribution in [0, 0.1) is 0 Å². The molecule has 4 rings (SSSR count). The van der Waals surface area contributed by atoms with Crippen molar-refractivity contribution in [1.29, 1.82) is 0 Å². The van der Waals surface area contributed by atoms with Crippen LogP contribution >= 0.6 is 0 Å². The summed E-state index contributed by atoms with van der Waals surface area (Å²) in [5.41, 5.74) is 1.60. The number of likely N-dealkylation sites (tertiary alicyclic amines) is 1. The maximum atomic E-state index is 13.1. The predicted molar refractivity (Wildman–Crippen MR) is 122 cm³/mol. The molecule has 1 aliphatic rings. The fourth-order valence-corrected chi connectivity index (χ4v) is 3.89. The molecule has 0 saturated carbocycles. The van der Waals surface area contributed by atoms with Crippen LogP contribution < -0.4 is 4.74 Å². The number of aliphatic hydroxyl groups is 1. The Kier molecular flexibility index (Phi) is 6.13. The first-order valence-corrected chi connectivity index (χ1v) is 10.6. The third-order valence-electron chi connectivity index (χ3n) is 5.30. The van der Waals surface area contributed by atoms with Crippen LogP contribution in [0.2, 0.25) is 0 Å². The number of rotatable bonds is 6. The molecule has 7 heteroatoms. The molecule has 1 saturated heterocycles. The minimum absolute atomic E-state index is 0.00495. The van der Waals surface area contributed by atoms with Crippen LogP contribution in [0.5, 0.6) is 11.5 Å². The van der Waals surface area contributed by atoms with Crippen LogP contribution in [0.3, 0.4) is 0 Å². The maximum absolute atomic E-state index is 13.1. The standard InChI is InChI=1S/C26H24N2O5/c1-16(2)33-21-10-8-18(9-11-21)24(30)22-23(19-6-3-7-20(29)13-19)28(26(32)25(22)31)15-17-5-4-12-27-14-17/h3-14,16,23,29-30H,15H2,1-2H3/t23-/m0/s1. The Balaban J connectivity index is 1.80. The molecule has 7 nitrogen and oxygen atoms in total. The van der Waals surface area contributed by atoms with Gasteiger partial charge in [0.2, 0.25) is 0 Å². The number of hydrogen-bond donors (Lipinski definition) is 2. The summed E-state index contributed by atoms with van der Waals surface area (Å²) in [5.74, 6) is -1.18. The summed E-state index contributed by atoms with van der Waals surface area (Å²) < 4.78 is 5.64. The number of phenolic OH excluding ortho intramolecular Hbond substituents is 1. The van der Waals surface area contributed by atoms with Crippen molar-refractivity contribution in [2.75, 3.05) is 0 Å². The van der Waals surface area contributed by atoms with E-state index >= 15 is 0 Å². The zero-order chi connectivity index (χ0) is 23.5. The van der Waals surface area contributed by atoms with Crippen LogP contribution in [-0.4, -0.2) is 37.9 Å². The molecule has 0 radical (unpaired) electrons. The number of aliphatic hydroxyl groups excluding tert-OH is 1. The Hall–Kier alpha value is -4.13. The van der Waals surface area contributed by atoms with E-state index in [1.54, 1.807) is 60.9 Å². The number of benzene rings is 2. The molecule has 2 heterocycles. The van der Waals surface area contributed by atoms with Crippen LogP contribution in [-0.2, 0) is 16.1 Å². The highest BCUT2D eigenvalue weighted by atomic mass is 16.5. The summed E-state index contributed by atoms with van der Waals surface area (Å²) >= 11 is 0. The minimum atomic E-state index is -0.871. The number of phenols is 1. The first kappa shape index (κ1) is 22.1. The maximum Gasteiger partial charge on any atom is 0.295 e. The lowest BCUT2D eigenvalue weighted by molar-refractivity contribution is -0.140. The number of amides is 1. The number of aromatic nitrogens is 1. The molecule has 1 aromatic heterocycles. The Morgan fingerprint density at radius 1 is 1.09 bits per heavy atom. The molecule has 168 valence electrons. The molecule has 0 spiro atoms. The molecule has 3 aromatic rings. The molecular formula is C26H24N2O5. The quantitative estimate of drug-likeness (QED) is 0.336. The van der Waals surface area contributed by atoms with Gasteiger partial charge in [0.25, 0.3) is 11.7 Å². The van der Waals surface area contributed by atoms with Crippen molar-refractivity contribution in [3.63, 3.8) is 0 Å². The number of Topliss-reactive ketones (excluding diaryl/α,β-unsaturated/α-hetero) is 1. The molecular weight excluding hydrogens is 420 g/mol.